The highest BCUT2D eigenvalue weighted by Gasteiger charge is 1.97. The van der Waals surface area contributed by atoms with E-state index in [0.29, 0.717) is 19.7 Å². The Labute approximate surface area is 130 Å². The normalized spacial score (nSPS) is 11.0. The molecule has 0 unspecified atom stereocenters. The number of ether oxygens (including phenoxy) is 1. The second-order valence-corrected chi connectivity index (χ2v) is 4.97. The van der Waals surface area contributed by atoms with Crippen LogP contribution in [0.2, 0.25) is 0 Å². The first kappa shape index (κ1) is 16.0. The highest BCUT2D eigenvalue weighted by molar-refractivity contribution is 5.69. The van der Waals surface area contributed by atoms with Gasteiger partial charge in [-0.2, -0.15) is 0 Å². The number of hydrogen-bond donors (Lipinski definition) is 1. The van der Waals surface area contributed by atoms with Gasteiger partial charge in [0.2, 0.25) is 0 Å². The maximum absolute atomic E-state index is 11.9. The number of benzene rings is 1. The van der Waals surface area contributed by atoms with Crippen LogP contribution in [0, 0.1) is 0 Å². The fourth-order valence-corrected chi connectivity index (χ4v) is 2.11. The molecule has 0 bridgehead atoms. The number of nitrogens with two attached hydrogens (primary N) is 1. The lowest BCUT2D eigenvalue weighted by atomic mass is 10.1. The summed E-state index contributed by atoms with van der Waals surface area (Å²) in [6.07, 6.45) is 6.54. The molecule has 0 saturated carbocycles. The zero-order valence-electron chi connectivity index (χ0n) is 12.9. The molecule has 2 aromatic rings. The number of aromatic nitrogens is 1. The molecule has 116 valence electrons. The number of aryl methyl sites for hydroxylation is 1. The molecule has 2 rings (SSSR count). The third-order valence-corrected chi connectivity index (χ3v) is 3.28. The zero-order valence-corrected chi connectivity index (χ0v) is 12.9. The molecule has 0 aliphatic carbocycles. The fourth-order valence-electron chi connectivity index (χ4n) is 2.11. The molecule has 0 radical (unpaired) electrons. The Morgan fingerprint density at radius 3 is 2.50 bits per heavy atom. The van der Waals surface area contributed by atoms with Gasteiger partial charge in [-0.3, -0.25) is 4.79 Å². The summed E-state index contributed by atoms with van der Waals surface area (Å²) < 4.78 is 7.09. The molecule has 0 aliphatic rings. The van der Waals surface area contributed by atoms with Crippen LogP contribution in [0.25, 0.3) is 12.2 Å². The summed E-state index contributed by atoms with van der Waals surface area (Å²) >= 11 is 0. The molecule has 4 nitrogen and oxygen atoms in total. The van der Waals surface area contributed by atoms with Crippen LogP contribution in [-0.4, -0.2) is 17.7 Å². The van der Waals surface area contributed by atoms with Crippen molar-refractivity contribution in [2.45, 2.75) is 19.9 Å². The summed E-state index contributed by atoms with van der Waals surface area (Å²) in [4.78, 5) is 11.9. The van der Waals surface area contributed by atoms with Gasteiger partial charge >= 0.3 is 0 Å². The average Bonchev–Trinajstić information content (AvgIpc) is 2.54. The monoisotopic (exact) mass is 298 g/mol. The summed E-state index contributed by atoms with van der Waals surface area (Å²) in [7, 11) is 0. The Balaban J connectivity index is 2.06. The first-order valence-corrected chi connectivity index (χ1v) is 7.54. The number of rotatable bonds is 7. The van der Waals surface area contributed by atoms with E-state index in [1.807, 2.05) is 55.6 Å². The van der Waals surface area contributed by atoms with Crippen LogP contribution in [0.1, 0.15) is 24.5 Å². The summed E-state index contributed by atoms with van der Waals surface area (Å²) in [6.45, 7) is 3.88. The van der Waals surface area contributed by atoms with Crippen LogP contribution in [0.15, 0.2) is 47.4 Å². The minimum atomic E-state index is 0.00212. The van der Waals surface area contributed by atoms with Crippen molar-refractivity contribution in [3.63, 3.8) is 0 Å². The molecular formula is C18H22N2O2. The molecular weight excluding hydrogens is 276 g/mol. The number of hydrogen-bond acceptors (Lipinski definition) is 3. The smallest absolute Gasteiger partial charge is 0.251 e. The Bertz CT molecular complexity index is 672. The quantitative estimate of drug-likeness (QED) is 0.855. The second kappa shape index (κ2) is 8.20. The molecule has 0 atom stereocenters. The molecule has 1 aromatic carbocycles. The van der Waals surface area contributed by atoms with Crippen molar-refractivity contribution in [3.05, 3.63) is 64.1 Å². The van der Waals surface area contributed by atoms with E-state index in [2.05, 4.69) is 0 Å². The van der Waals surface area contributed by atoms with Crippen LogP contribution in [0.5, 0.6) is 5.75 Å². The lowest BCUT2D eigenvalue weighted by Gasteiger charge is -2.04. The molecule has 0 fully saturated rings. The van der Waals surface area contributed by atoms with Crippen molar-refractivity contribution < 1.29 is 4.74 Å². The SMILES string of the molecule is CCOc1ccc(/C=C/c2ccn(CCCN)c(=O)c2)cc1. The van der Waals surface area contributed by atoms with Crippen molar-refractivity contribution in [2.24, 2.45) is 5.73 Å². The predicted molar refractivity (Wildman–Crippen MR) is 90.9 cm³/mol. The highest BCUT2D eigenvalue weighted by Crippen LogP contribution is 2.14. The average molecular weight is 298 g/mol. The summed E-state index contributed by atoms with van der Waals surface area (Å²) in [5, 5.41) is 0. The van der Waals surface area contributed by atoms with Gasteiger partial charge in [0.25, 0.3) is 5.56 Å². The summed E-state index contributed by atoms with van der Waals surface area (Å²) in [5.41, 5.74) is 7.42. The molecule has 4 heteroatoms. The lowest BCUT2D eigenvalue weighted by Crippen LogP contribution is -2.20. The van der Waals surface area contributed by atoms with Gasteiger partial charge in [0.1, 0.15) is 5.75 Å². The lowest BCUT2D eigenvalue weighted by molar-refractivity contribution is 0.340. The molecule has 1 heterocycles. The standard InChI is InChI=1S/C18H22N2O2/c1-2-22-17-8-6-15(7-9-17)4-5-16-10-13-20(12-3-11-19)18(21)14-16/h4-10,13-14H,2-3,11-12,19H2,1H3/b5-4+. The van der Waals surface area contributed by atoms with E-state index < -0.39 is 0 Å². The van der Waals surface area contributed by atoms with Gasteiger partial charge in [0.05, 0.1) is 6.61 Å². The topological polar surface area (TPSA) is 57.2 Å². The Morgan fingerprint density at radius 1 is 1.14 bits per heavy atom. The van der Waals surface area contributed by atoms with Crippen molar-refractivity contribution in [1.29, 1.82) is 0 Å². The zero-order chi connectivity index (χ0) is 15.8. The van der Waals surface area contributed by atoms with Gasteiger partial charge in [0, 0.05) is 18.8 Å². The largest absolute Gasteiger partial charge is 0.494 e. The molecule has 22 heavy (non-hydrogen) atoms. The third kappa shape index (κ3) is 4.60. The van der Waals surface area contributed by atoms with Crippen LogP contribution >= 0.6 is 0 Å². The number of pyridine rings is 1. The summed E-state index contributed by atoms with van der Waals surface area (Å²) in [6, 6.07) is 11.4. The maximum Gasteiger partial charge on any atom is 0.251 e. The van der Waals surface area contributed by atoms with Crippen LogP contribution in [-0.2, 0) is 6.54 Å². The van der Waals surface area contributed by atoms with Crippen molar-refractivity contribution in [3.8, 4) is 5.75 Å². The Hall–Kier alpha value is -2.33. The van der Waals surface area contributed by atoms with Crippen LogP contribution in [0.3, 0.4) is 0 Å². The first-order chi connectivity index (χ1) is 10.7. The van der Waals surface area contributed by atoms with Crippen molar-refractivity contribution >= 4 is 12.2 Å². The predicted octanol–water partition coefficient (Wildman–Crippen LogP) is 2.77. The molecule has 0 spiro atoms. The van der Waals surface area contributed by atoms with E-state index in [9.17, 15) is 4.79 Å². The van der Waals surface area contributed by atoms with E-state index >= 15 is 0 Å². The van der Waals surface area contributed by atoms with Crippen molar-refractivity contribution in [2.75, 3.05) is 13.2 Å². The van der Waals surface area contributed by atoms with E-state index in [0.717, 1.165) is 23.3 Å². The Kier molecular flexibility index (Phi) is 5.98. The molecule has 2 N–H and O–H groups in total. The first-order valence-electron chi connectivity index (χ1n) is 7.54. The van der Waals surface area contributed by atoms with Crippen LogP contribution in [0.4, 0.5) is 0 Å². The molecule has 0 amide bonds. The van der Waals surface area contributed by atoms with Gasteiger partial charge < -0.3 is 15.0 Å². The van der Waals surface area contributed by atoms with E-state index in [1.165, 1.54) is 0 Å². The third-order valence-electron chi connectivity index (χ3n) is 3.28. The second-order valence-electron chi connectivity index (χ2n) is 4.97. The highest BCUT2D eigenvalue weighted by atomic mass is 16.5. The van der Waals surface area contributed by atoms with Gasteiger partial charge in [0.15, 0.2) is 0 Å². The van der Waals surface area contributed by atoms with E-state index in [1.54, 1.807) is 10.6 Å². The minimum Gasteiger partial charge on any atom is -0.494 e. The van der Waals surface area contributed by atoms with Crippen molar-refractivity contribution in [1.82, 2.24) is 4.57 Å². The maximum atomic E-state index is 11.9. The fraction of sp³-hybridized carbons (Fsp3) is 0.278. The van der Waals surface area contributed by atoms with Gasteiger partial charge in [-0.25, -0.2) is 0 Å². The molecule has 1 aromatic heterocycles. The number of nitrogens with zero attached hydrogens (tertiary/aromatic N) is 1. The Morgan fingerprint density at radius 2 is 1.86 bits per heavy atom. The van der Waals surface area contributed by atoms with Gasteiger partial charge in [-0.15, -0.1) is 0 Å². The molecule has 0 aliphatic heterocycles. The van der Waals surface area contributed by atoms with Gasteiger partial charge in [-0.05, 0) is 49.2 Å². The van der Waals surface area contributed by atoms with Crippen LogP contribution < -0.4 is 16.0 Å². The van der Waals surface area contributed by atoms with E-state index in [4.69, 9.17) is 10.5 Å². The van der Waals surface area contributed by atoms with E-state index in [-0.39, 0.29) is 5.56 Å². The summed E-state index contributed by atoms with van der Waals surface area (Å²) in [5.74, 6) is 0.863. The molecule has 0 saturated heterocycles. The van der Waals surface area contributed by atoms with Gasteiger partial charge in [-0.1, -0.05) is 24.3 Å². The minimum absolute atomic E-state index is 0.00212.